The molecule has 2 aromatic carbocycles. The van der Waals surface area contributed by atoms with Crippen LogP contribution in [-0.4, -0.2) is 31.7 Å². The molecule has 0 bridgehead atoms. The lowest BCUT2D eigenvalue weighted by atomic mass is 10.0. The summed E-state index contributed by atoms with van der Waals surface area (Å²) in [5.41, 5.74) is 1.70. The van der Waals surface area contributed by atoms with Gasteiger partial charge < -0.3 is 14.8 Å². The number of rotatable bonds is 10. The zero-order valence-electron chi connectivity index (χ0n) is 18.0. The van der Waals surface area contributed by atoms with Crippen LogP contribution in [0.4, 0.5) is 4.79 Å². The maximum absolute atomic E-state index is 12.8. The molecule has 0 unspecified atom stereocenters. The van der Waals surface area contributed by atoms with Crippen LogP contribution in [0.3, 0.4) is 0 Å². The van der Waals surface area contributed by atoms with Crippen LogP contribution in [-0.2, 0) is 4.79 Å². The van der Waals surface area contributed by atoms with Gasteiger partial charge in [0.05, 0.1) is 13.2 Å². The highest BCUT2D eigenvalue weighted by atomic mass is 16.5. The Morgan fingerprint density at radius 1 is 0.900 bits per heavy atom. The Kier molecular flexibility index (Phi) is 9.15. The van der Waals surface area contributed by atoms with Crippen molar-refractivity contribution in [3.63, 3.8) is 0 Å². The number of amides is 3. The topological polar surface area (TPSA) is 88.7 Å². The molecule has 0 aliphatic rings. The number of imide groups is 1. The molecule has 0 spiro atoms. The molecule has 7 heteroatoms. The summed E-state index contributed by atoms with van der Waals surface area (Å²) in [5, 5.41) is 8.31. The Morgan fingerprint density at radius 3 is 2.20 bits per heavy atom. The summed E-state index contributed by atoms with van der Waals surface area (Å²) in [5.74, 6) is 0.924. The van der Waals surface area contributed by atoms with Gasteiger partial charge >= 0.3 is 6.03 Å². The number of nitrogens with one attached hydrogen (secondary N) is 3. The van der Waals surface area contributed by atoms with Crippen molar-refractivity contribution in [2.75, 3.05) is 19.8 Å². The van der Waals surface area contributed by atoms with E-state index in [1.165, 1.54) is 0 Å². The zero-order chi connectivity index (χ0) is 21.9. The largest absolute Gasteiger partial charge is 0.490 e. The molecular formula is C23H31N3O4. The lowest BCUT2D eigenvalue weighted by Crippen LogP contribution is -2.45. The number of ether oxygens (including phenoxy) is 2. The molecule has 162 valence electrons. The van der Waals surface area contributed by atoms with Gasteiger partial charge in [-0.3, -0.25) is 15.4 Å². The molecule has 0 aliphatic carbocycles. The number of carbonyl (C=O) groups is 2. The number of benzene rings is 2. The van der Waals surface area contributed by atoms with Crippen LogP contribution in [0.1, 0.15) is 50.9 Å². The van der Waals surface area contributed by atoms with Crippen molar-refractivity contribution in [3.05, 3.63) is 59.7 Å². The summed E-state index contributed by atoms with van der Waals surface area (Å²) in [6, 6.07) is 13.6. The summed E-state index contributed by atoms with van der Waals surface area (Å²) in [6.45, 7) is 9.09. The molecule has 2 aromatic rings. The van der Waals surface area contributed by atoms with E-state index >= 15 is 0 Å². The third-order valence-electron chi connectivity index (χ3n) is 4.45. The molecule has 0 saturated heterocycles. The van der Waals surface area contributed by atoms with Gasteiger partial charge in [-0.05, 0) is 51.0 Å². The van der Waals surface area contributed by atoms with Crippen LogP contribution in [0, 0.1) is 0 Å². The molecule has 30 heavy (non-hydrogen) atoms. The molecule has 0 aromatic heterocycles. The first kappa shape index (κ1) is 23.2. The molecule has 0 saturated carbocycles. The van der Waals surface area contributed by atoms with Crippen LogP contribution < -0.4 is 25.4 Å². The van der Waals surface area contributed by atoms with Gasteiger partial charge in [0, 0.05) is 12.6 Å². The van der Waals surface area contributed by atoms with Gasteiger partial charge in [-0.25, -0.2) is 4.79 Å². The van der Waals surface area contributed by atoms with E-state index in [1.54, 1.807) is 6.92 Å². The number of hydrogen-bond donors (Lipinski definition) is 3. The third-order valence-corrected chi connectivity index (χ3v) is 4.45. The van der Waals surface area contributed by atoms with Crippen LogP contribution in [0.25, 0.3) is 0 Å². The maximum atomic E-state index is 12.8. The summed E-state index contributed by atoms with van der Waals surface area (Å²) in [6.07, 6.45) is 0. The molecule has 3 amide bonds. The van der Waals surface area contributed by atoms with E-state index in [-0.39, 0.29) is 6.04 Å². The average Bonchev–Trinajstić information content (AvgIpc) is 2.74. The third kappa shape index (κ3) is 6.49. The molecular weight excluding hydrogens is 382 g/mol. The fourth-order valence-corrected chi connectivity index (χ4v) is 3.04. The average molecular weight is 414 g/mol. The Morgan fingerprint density at radius 2 is 1.57 bits per heavy atom. The summed E-state index contributed by atoms with van der Waals surface area (Å²) in [7, 11) is 0. The highest BCUT2D eigenvalue weighted by Crippen LogP contribution is 2.31. The maximum Gasteiger partial charge on any atom is 0.321 e. The van der Waals surface area contributed by atoms with Crippen molar-refractivity contribution in [1.82, 2.24) is 16.0 Å². The molecule has 2 atom stereocenters. The summed E-state index contributed by atoms with van der Waals surface area (Å²) in [4.78, 5) is 24.7. The van der Waals surface area contributed by atoms with E-state index < -0.39 is 18.0 Å². The monoisotopic (exact) mass is 413 g/mol. The molecule has 0 aliphatic heterocycles. The minimum Gasteiger partial charge on any atom is -0.490 e. The molecule has 3 N–H and O–H groups in total. The van der Waals surface area contributed by atoms with E-state index in [1.807, 2.05) is 69.3 Å². The van der Waals surface area contributed by atoms with E-state index in [4.69, 9.17) is 9.47 Å². The van der Waals surface area contributed by atoms with Crippen molar-refractivity contribution < 1.29 is 19.1 Å². The van der Waals surface area contributed by atoms with Gasteiger partial charge in [0.15, 0.2) is 11.5 Å². The van der Waals surface area contributed by atoms with Crippen molar-refractivity contribution in [2.24, 2.45) is 0 Å². The van der Waals surface area contributed by atoms with Crippen LogP contribution in [0.2, 0.25) is 0 Å². The lowest BCUT2D eigenvalue weighted by molar-refractivity contribution is -0.122. The van der Waals surface area contributed by atoms with Crippen LogP contribution in [0.5, 0.6) is 11.5 Å². The fourth-order valence-electron chi connectivity index (χ4n) is 3.04. The molecule has 0 fully saturated rings. The van der Waals surface area contributed by atoms with E-state index in [0.717, 1.165) is 11.1 Å². The van der Waals surface area contributed by atoms with E-state index in [9.17, 15) is 9.59 Å². The van der Waals surface area contributed by atoms with Crippen molar-refractivity contribution in [2.45, 2.75) is 39.8 Å². The second kappa shape index (κ2) is 11.8. The van der Waals surface area contributed by atoms with Crippen molar-refractivity contribution in [3.8, 4) is 11.5 Å². The minimum absolute atomic E-state index is 0.190. The van der Waals surface area contributed by atoms with E-state index in [0.29, 0.717) is 31.3 Å². The molecule has 7 nitrogen and oxygen atoms in total. The second-order valence-electron chi connectivity index (χ2n) is 6.65. The first-order valence-corrected chi connectivity index (χ1v) is 10.3. The standard InChI is InChI=1S/C23H31N3O4/c1-5-24-23(28)26-22(27)21(17-11-9-8-10-12-17)25-16(4)18-13-14-19(29-6-2)20(15-18)30-7-3/h8-16,21,25H,5-7H2,1-4H3,(H2,24,26,27,28)/t16-,21-/m1/s1. The molecule has 0 heterocycles. The smallest absolute Gasteiger partial charge is 0.321 e. The highest BCUT2D eigenvalue weighted by molar-refractivity contribution is 5.97. The minimum atomic E-state index is -0.703. The van der Waals surface area contributed by atoms with Crippen molar-refractivity contribution >= 4 is 11.9 Å². The normalized spacial score (nSPS) is 12.5. The fraction of sp³-hybridized carbons (Fsp3) is 0.391. The molecule has 0 radical (unpaired) electrons. The SMILES string of the molecule is CCNC(=O)NC(=O)[C@H](N[C@H](C)c1ccc(OCC)c(OCC)c1)c1ccccc1. The lowest BCUT2D eigenvalue weighted by Gasteiger charge is -2.24. The van der Waals surface area contributed by atoms with E-state index in [2.05, 4.69) is 16.0 Å². The predicted octanol–water partition coefficient (Wildman–Crippen LogP) is 3.72. The van der Waals surface area contributed by atoms with Crippen LogP contribution >= 0.6 is 0 Å². The first-order chi connectivity index (χ1) is 14.5. The van der Waals surface area contributed by atoms with Gasteiger partial charge in [-0.15, -0.1) is 0 Å². The highest BCUT2D eigenvalue weighted by Gasteiger charge is 2.24. The Labute approximate surface area is 178 Å². The van der Waals surface area contributed by atoms with Crippen LogP contribution in [0.15, 0.2) is 48.5 Å². The van der Waals surface area contributed by atoms with Crippen molar-refractivity contribution in [1.29, 1.82) is 0 Å². The second-order valence-corrected chi connectivity index (χ2v) is 6.65. The Balaban J connectivity index is 2.25. The van der Waals surface area contributed by atoms with Gasteiger partial charge in [-0.1, -0.05) is 36.4 Å². The van der Waals surface area contributed by atoms with Gasteiger partial charge in [0.25, 0.3) is 0 Å². The number of hydrogen-bond acceptors (Lipinski definition) is 5. The zero-order valence-corrected chi connectivity index (χ0v) is 18.0. The number of carbonyl (C=O) groups excluding carboxylic acids is 2. The number of urea groups is 1. The summed E-state index contributed by atoms with van der Waals surface area (Å²) < 4.78 is 11.3. The predicted molar refractivity (Wildman–Crippen MR) is 117 cm³/mol. The molecule has 2 rings (SSSR count). The Bertz CT molecular complexity index is 826. The van der Waals surface area contributed by atoms with Gasteiger partial charge in [0.1, 0.15) is 6.04 Å². The van der Waals surface area contributed by atoms with Gasteiger partial charge in [-0.2, -0.15) is 0 Å². The Hall–Kier alpha value is -3.06. The quantitative estimate of drug-likeness (QED) is 0.552. The van der Waals surface area contributed by atoms with Gasteiger partial charge in [0.2, 0.25) is 5.91 Å². The first-order valence-electron chi connectivity index (χ1n) is 10.3. The summed E-state index contributed by atoms with van der Waals surface area (Å²) >= 11 is 0.